The van der Waals surface area contributed by atoms with E-state index in [1.807, 2.05) is 24.4 Å². The van der Waals surface area contributed by atoms with Crippen LogP contribution in [0.5, 0.6) is 5.75 Å². The third kappa shape index (κ3) is 4.79. The maximum atomic E-state index is 5.48. The summed E-state index contributed by atoms with van der Waals surface area (Å²) in [6, 6.07) is 19.5. The first-order valence-corrected chi connectivity index (χ1v) is 10.7. The van der Waals surface area contributed by atoms with E-state index in [4.69, 9.17) is 4.74 Å². The molecule has 1 aliphatic heterocycles. The number of benzene rings is 2. The molecule has 4 nitrogen and oxygen atoms in total. The molecule has 1 N–H and O–H groups in total. The Morgan fingerprint density at radius 2 is 1.82 bits per heavy atom. The normalized spacial score (nSPS) is 15.6. The van der Waals surface area contributed by atoms with Crippen LogP contribution in [0, 0.1) is 0 Å². The zero-order valence-electron chi connectivity index (χ0n) is 16.3. The van der Waals surface area contributed by atoms with Crippen LogP contribution < -0.4 is 10.1 Å². The van der Waals surface area contributed by atoms with Crippen molar-refractivity contribution in [3.63, 3.8) is 0 Å². The first-order valence-electron chi connectivity index (χ1n) is 9.89. The van der Waals surface area contributed by atoms with Crippen LogP contribution in [0.1, 0.15) is 23.4 Å². The lowest BCUT2D eigenvalue weighted by molar-refractivity contribution is 0.190. The van der Waals surface area contributed by atoms with Gasteiger partial charge in [0.2, 0.25) is 0 Å². The van der Waals surface area contributed by atoms with Crippen molar-refractivity contribution >= 4 is 11.3 Å². The molecule has 3 aromatic rings. The van der Waals surface area contributed by atoms with Gasteiger partial charge in [-0.25, -0.2) is 4.98 Å². The summed E-state index contributed by atoms with van der Waals surface area (Å²) in [5, 5.41) is 4.84. The van der Waals surface area contributed by atoms with E-state index in [0.29, 0.717) is 6.04 Å². The fourth-order valence-electron chi connectivity index (χ4n) is 3.73. The quantitative estimate of drug-likeness (QED) is 0.638. The third-order valence-corrected chi connectivity index (χ3v) is 6.34. The zero-order chi connectivity index (χ0) is 19.2. The fourth-order valence-corrected chi connectivity index (χ4v) is 4.63. The fraction of sp³-hybridized carbons (Fsp3) is 0.348. The van der Waals surface area contributed by atoms with Crippen molar-refractivity contribution in [3.8, 4) is 16.2 Å². The van der Waals surface area contributed by atoms with Gasteiger partial charge in [0, 0.05) is 30.9 Å². The van der Waals surface area contributed by atoms with E-state index in [0.717, 1.165) is 47.4 Å². The van der Waals surface area contributed by atoms with Crippen molar-refractivity contribution < 1.29 is 4.74 Å². The Kier molecular flexibility index (Phi) is 6.37. The number of para-hydroxylation sites is 1. The largest absolute Gasteiger partial charge is 0.496 e. The second kappa shape index (κ2) is 9.32. The summed E-state index contributed by atoms with van der Waals surface area (Å²) in [7, 11) is 1.71. The summed E-state index contributed by atoms with van der Waals surface area (Å²) in [5.74, 6) is 0.899. The highest BCUT2D eigenvalue weighted by Crippen LogP contribution is 2.33. The number of ether oxygens (including phenoxy) is 1. The number of rotatable bonds is 7. The molecule has 1 fully saturated rings. The lowest BCUT2D eigenvalue weighted by atomic mass is 10.0. The average molecular weight is 394 g/mol. The SMILES string of the molecule is COc1ccccc1-c1cnc(CNC2CCN(Cc3ccccc3)CC2)s1. The van der Waals surface area contributed by atoms with Crippen LogP contribution in [0.4, 0.5) is 0 Å². The van der Waals surface area contributed by atoms with Gasteiger partial charge in [-0.05, 0) is 43.6 Å². The lowest BCUT2D eigenvalue weighted by Gasteiger charge is -2.32. The minimum atomic E-state index is 0.575. The highest BCUT2D eigenvalue weighted by atomic mass is 32.1. The van der Waals surface area contributed by atoms with Crippen molar-refractivity contribution in [2.75, 3.05) is 20.2 Å². The second-order valence-corrected chi connectivity index (χ2v) is 8.35. The molecule has 0 unspecified atom stereocenters. The minimum Gasteiger partial charge on any atom is -0.496 e. The molecule has 0 radical (unpaired) electrons. The topological polar surface area (TPSA) is 37.4 Å². The molecule has 0 bridgehead atoms. The van der Waals surface area contributed by atoms with Crippen LogP contribution in [0.15, 0.2) is 60.8 Å². The number of likely N-dealkylation sites (tertiary alicyclic amines) is 1. The van der Waals surface area contributed by atoms with E-state index in [1.165, 1.54) is 18.4 Å². The second-order valence-electron chi connectivity index (χ2n) is 7.24. The van der Waals surface area contributed by atoms with Gasteiger partial charge in [0.25, 0.3) is 0 Å². The third-order valence-electron chi connectivity index (χ3n) is 5.30. The number of thiazole rings is 1. The molecule has 0 saturated carbocycles. The number of aromatic nitrogens is 1. The van der Waals surface area contributed by atoms with Crippen LogP contribution in [0.3, 0.4) is 0 Å². The van der Waals surface area contributed by atoms with Crippen molar-refractivity contribution in [2.45, 2.75) is 32.0 Å². The summed E-state index contributed by atoms with van der Waals surface area (Å²) in [4.78, 5) is 8.32. The Hall–Kier alpha value is -2.21. The number of nitrogens with one attached hydrogen (secondary N) is 1. The number of hydrogen-bond acceptors (Lipinski definition) is 5. The van der Waals surface area contributed by atoms with Gasteiger partial charge in [-0.2, -0.15) is 0 Å². The van der Waals surface area contributed by atoms with Gasteiger partial charge in [0.1, 0.15) is 10.8 Å². The molecule has 0 atom stereocenters. The first kappa shape index (κ1) is 19.1. The molecule has 2 aromatic carbocycles. The summed E-state index contributed by atoms with van der Waals surface area (Å²) >= 11 is 1.74. The standard InChI is InChI=1S/C23H27N3OS/c1-27-21-10-6-5-9-20(21)22-15-25-23(28-22)16-24-19-11-13-26(14-12-19)17-18-7-3-2-4-8-18/h2-10,15,19,24H,11-14,16-17H2,1H3. The predicted molar refractivity (Wildman–Crippen MR) is 116 cm³/mol. The van der Waals surface area contributed by atoms with Crippen molar-refractivity contribution in [3.05, 3.63) is 71.4 Å². The molecular weight excluding hydrogens is 366 g/mol. The molecule has 28 heavy (non-hydrogen) atoms. The average Bonchev–Trinajstić information content (AvgIpc) is 3.23. The molecule has 5 heteroatoms. The molecule has 2 heterocycles. The van der Waals surface area contributed by atoms with E-state index >= 15 is 0 Å². The monoisotopic (exact) mass is 393 g/mol. The lowest BCUT2D eigenvalue weighted by Crippen LogP contribution is -2.41. The van der Waals surface area contributed by atoms with Crippen LogP contribution in [0.25, 0.3) is 10.4 Å². The Labute approximate surface area is 171 Å². The van der Waals surface area contributed by atoms with Gasteiger partial charge in [-0.1, -0.05) is 42.5 Å². The summed E-state index contributed by atoms with van der Waals surface area (Å²) in [5.41, 5.74) is 2.52. The van der Waals surface area contributed by atoms with E-state index in [1.54, 1.807) is 18.4 Å². The van der Waals surface area contributed by atoms with E-state index in [-0.39, 0.29) is 0 Å². The Morgan fingerprint density at radius 3 is 2.61 bits per heavy atom. The molecule has 0 spiro atoms. The maximum Gasteiger partial charge on any atom is 0.127 e. The number of methoxy groups -OCH3 is 1. The molecule has 1 aromatic heterocycles. The Bertz CT molecular complexity index is 872. The zero-order valence-corrected chi connectivity index (χ0v) is 17.1. The molecular formula is C23H27N3OS. The van der Waals surface area contributed by atoms with E-state index < -0.39 is 0 Å². The Balaban J connectivity index is 1.26. The Morgan fingerprint density at radius 1 is 1.07 bits per heavy atom. The summed E-state index contributed by atoms with van der Waals surface area (Å²) in [6.07, 6.45) is 4.34. The number of piperidine rings is 1. The molecule has 0 amide bonds. The molecule has 146 valence electrons. The molecule has 0 aliphatic carbocycles. The minimum absolute atomic E-state index is 0.575. The summed E-state index contributed by atoms with van der Waals surface area (Å²) in [6.45, 7) is 4.19. The summed E-state index contributed by atoms with van der Waals surface area (Å²) < 4.78 is 5.48. The van der Waals surface area contributed by atoms with Crippen LogP contribution in [-0.4, -0.2) is 36.1 Å². The van der Waals surface area contributed by atoms with Gasteiger partial charge in [0.15, 0.2) is 0 Å². The van der Waals surface area contributed by atoms with Gasteiger partial charge < -0.3 is 10.1 Å². The van der Waals surface area contributed by atoms with Crippen molar-refractivity contribution in [2.24, 2.45) is 0 Å². The van der Waals surface area contributed by atoms with Gasteiger partial charge in [-0.15, -0.1) is 11.3 Å². The first-order chi connectivity index (χ1) is 13.8. The van der Waals surface area contributed by atoms with Gasteiger partial charge in [0.05, 0.1) is 12.0 Å². The maximum absolute atomic E-state index is 5.48. The number of nitrogens with zero attached hydrogens (tertiary/aromatic N) is 2. The molecule has 1 saturated heterocycles. The van der Waals surface area contributed by atoms with Crippen molar-refractivity contribution in [1.29, 1.82) is 0 Å². The van der Waals surface area contributed by atoms with Gasteiger partial charge >= 0.3 is 0 Å². The smallest absolute Gasteiger partial charge is 0.127 e. The van der Waals surface area contributed by atoms with E-state index in [2.05, 4.69) is 51.6 Å². The highest BCUT2D eigenvalue weighted by Gasteiger charge is 2.19. The van der Waals surface area contributed by atoms with Crippen LogP contribution >= 0.6 is 11.3 Å². The van der Waals surface area contributed by atoms with Crippen LogP contribution in [0.2, 0.25) is 0 Å². The predicted octanol–water partition coefficient (Wildman–Crippen LogP) is 4.57. The highest BCUT2D eigenvalue weighted by molar-refractivity contribution is 7.15. The van der Waals surface area contributed by atoms with Gasteiger partial charge in [-0.3, -0.25) is 4.90 Å². The van der Waals surface area contributed by atoms with E-state index in [9.17, 15) is 0 Å². The molecule has 4 rings (SSSR count). The number of hydrogen-bond donors (Lipinski definition) is 1. The van der Waals surface area contributed by atoms with Crippen molar-refractivity contribution in [1.82, 2.24) is 15.2 Å². The molecule has 1 aliphatic rings. The van der Waals surface area contributed by atoms with Crippen LogP contribution in [-0.2, 0) is 13.1 Å².